The number of hydrogen-bond acceptors (Lipinski definition) is 5. The molecule has 1 aliphatic rings. The topological polar surface area (TPSA) is 96.0 Å². The first-order chi connectivity index (χ1) is 20.5. The molecule has 230 valence electrons. The van der Waals surface area contributed by atoms with Crippen molar-refractivity contribution in [2.24, 2.45) is 0 Å². The maximum Gasteiger partial charge on any atom is 0.244 e. The van der Waals surface area contributed by atoms with E-state index >= 15 is 0 Å². The van der Waals surface area contributed by atoms with E-state index in [-0.39, 0.29) is 41.4 Å². The van der Waals surface area contributed by atoms with E-state index in [9.17, 15) is 18.0 Å². The van der Waals surface area contributed by atoms with Crippen molar-refractivity contribution in [1.82, 2.24) is 10.2 Å². The van der Waals surface area contributed by atoms with Crippen LogP contribution in [0.4, 0.5) is 5.69 Å². The molecule has 1 N–H and O–H groups in total. The number of anilines is 1. The Balaban J connectivity index is 1.77. The summed E-state index contributed by atoms with van der Waals surface area (Å²) >= 11 is 18.7. The van der Waals surface area contributed by atoms with Crippen LogP contribution in [0.15, 0.2) is 66.7 Å². The molecule has 0 aliphatic heterocycles. The molecule has 1 atom stereocenters. The van der Waals surface area contributed by atoms with E-state index in [1.165, 1.54) is 24.1 Å². The Kier molecular flexibility index (Phi) is 11.2. The van der Waals surface area contributed by atoms with Gasteiger partial charge >= 0.3 is 0 Å². The molecule has 1 aliphatic carbocycles. The molecule has 3 aromatic rings. The lowest BCUT2D eigenvalue weighted by Gasteiger charge is -2.34. The van der Waals surface area contributed by atoms with Crippen molar-refractivity contribution in [2.75, 3.05) is 24.2 Å². The molecule has 12 heteroatoms. The highest BCUT2D eigenvalue weighted by Crippen LogP contribution is 2.33. The Bertz CT molecular complexity index is 1550. The summed E-state index contributed by atoms with van der Waals surface area (Å²) in [5, 5.41) is 4.04. The van der Waals surface area contributed by atoms with Gasteiger partial charge < -0.3 is 15.0 Å². The van der Waals surface area contributed by atoms with Gasteiger partial charge in [-0.3, -0.25) is 13.9 Å². The Morgan fingerprint density at radius 1 is 0.953 bits per heavy atom. The number of nitrogens with zero attached hydrogens (tertiary/aromatic N) is 2. The van der Waals surface area contributed by atoms with Crippen LogP contribution in [0.2, 0.25) is 15.1 Å². The van der Waals surface area contributed by atoms with E-state index in [4.69, 9.17) is 39.5 Å². The van der Waals surface area contributed by atoms with Gasteiger partial charge in [-0.15, -0.1) is 0 Å². The summed E-state index contributed by atoms with van der Waals surface area (Å²) in [6.45, 7) is -0.617. The molecule has 3 aromatic carbocycles. The molecule has 0 bridgehead atoms. The highest BCUT2D eigenvalue weighted by Gasteiger charge is 2.35. The van der Waals surface area contributed by atoms with Crippen LogP contribution in [0.3, 0.4) is 0 Å². The largest absolute Gasteiger partial charge is 0.495 e. The third-order valence-electron chi connectivity index (χ3n) is 7.40. The van der Waals surface area contributed by atoms with Crippen molar-refractivity contribution in [3.8, 4) is 5.75 Å². The number of rotatable bonds is 12. The molecule has 0 saturated heterocycles. The zero-order valence-corrected chi connectivity index (χ0v) is 27.0. The van der Waals surface area contributed by atoms with Crippen LogP contribution in [-0.2, 0) is 32.6 Å². The number of ether oxygens (including phenoxy) is 1. The van der Waals surface area contributed by atoms with Gasteiger partial charge in [0.2, 0.25) is 21.8 Å². The number of amides is 2. The summed E-state index contributed by atoms with van der Waals surface area (Å²) in [6.07, 6.45) is 4.97. The number of carbonyl (C=O) groups excluding carboxylic acids is 2. The molecule has 1 fully saturated rings. The quantitative estimate of drug-likeness (QED) is 0.251. The predicted octanol–water partition coefficient (Wildman–Crippen LogP) is 6.12. The molecule has 8 nitrogen and oxygen atoms in total. The van der Waals surface area contributed by atoms with E-state index in [1.807, 2.05) is 30.3 Å². The fourth-order valence-electron chi connectivity index (χ4n) is 5.21. The highest BCUT2D eigenvalue weighted by atomic mass is 35.5. The summed E-state index contributed by atoms with van der Waals surface area (Å²) in [5.74, 6) is -0.685. The van der Waals surface area contributed by atoms with E-state index in [0.717, 1.165) is 41.8 Å². The number of sulfonamides is 1. The minimum absolute atomic E-state index is 0.0101. The molecule has 1 saturated carbocycles. The molecule has 0 heterocycles. The monoisotopic (exact) mass is 665 g/mol. The zero-order chi connectivity index (χ0) is 31.1. The Hall–Kier alpha value is -2.98. The number of hydrogen-bond donors (Lipinski definition) is 1. The number of carbonyl (C=O) groups is 2. The molecule has 2 amide bonds. The highest BCUT2D eigenvalue weighted by molar-refractivity contribution is 7.92. The van der Waals surface area contributed by atoms with Crippen molar-refractivity contribution in [3.63, 3.8) is 0 Å². The molecule has 4 rings (SSSR count). The maximum atomic E-state index is 14.3. The summed E-state index contributed by atoms with van der Waals surface area (Å²) in [7, 11) is -2.60. The number of benzene rings is 3. The van der Waals surface area contributed by atoms with Crippen LogP contribution in [-0.4, -0.2) is 57.1 Å². The summed E-state index contributed by atoms with van der Waals surface area (Å²) in [4.78, 5) is 29.6. The minimum atomic E-state index is -4.00. The van der Waals surface area contributed by atoms with Crippen LogP contribution in [0, 0.1) is 0 Å². The van der Waals surface area contributed by atoms with Gasteiger partial charge in [-0.2, -0.15) is 0 Å². The van der Waals surface area contributed by atoms with E-state index in [1.54, 1.807) is 24.3 Å². The standard InChI is InChI=1S/C31H34Cl3N3O5S/c1-42-29-15-13-23(32)18-27(29)37(43(2,40)41)20-30(38)36(19-22-12-14-25(33)26(34)16-22)28(17-21-8-4-3-5-9-21)31(39)35-24-10-6-7-11-24/h3-5,8-9,12-16,18,24,28H,6-7,10-11,17,19-20H2,1-2H3,(H,35,39)/t28-/m1/s1. The summed E-state index contributed by atoms with van der Waals surface area (Å²) in [6, 6.07) is 17.9. The first-order valence-electron chi connectivity index (χ1n) is 13.8. The molecule has 0 spiro atoms. The second-order valence-corrected chi connectivity index (χ2v) is 13.7. The maximum absolute atomic E-state index is 14.3. The third-order valence-corrected chi connectivity index (χ3v) is 9.50. The predicted molar refractivity (Wildman–Crippen MR) is 172 cm³/mol. The van der Waals surface area contributed by atoms with Gasteiger partial charge in [0.1, 0.15) is 18.3 Å². The van der Waals surface area contributed by atoms with Gasteiger partial charge in [0.15, 0.2) is 0 Å². The Morgan fingerprint density at radius 2 is 1.65 bits per heavy atom. The van der Waals surface area contributed by atoms with Crippen molar-refractivity contribution in [1.29, 1.82) is 0 Å². The number of nitrogens with one attached hydrogen (secondary N) is 1. The average Bonchev–Trinajstić information content (AvgIpc) is 3.48. The lowest BCUT2D eigenvalue weighted by Crippen LogP contribution is -2.54. The van der Waals surface area contributed by atoms with Crippen molar-refractivity contribution in [2.45, 2.75) is 50.7 Å². The van der Waals surface area contributed by atoms with Crippen molar-refractivity contribution < 1.29 is 22.7 Å². The van der Waals surface area contributed by atoms with Crippen LogP contribution in [0.1, 0.15) is 36.8 Å². The Morgan fingerprint density at radius 3 is 2.28 bits per heavy atom. The van der Waals surface area contributed by atoms with Gasteiger partial charge in [0.25, 0.3) is 0 Å². The number of methoxy groups -OCH3 is 1. The van der Waals surface area contributed by atoms with Crippen LogP contribution in [0.25, 0.3) is 0 Å². The van der Waals surface area contributed by atoms with Gasteiger partial charge in [0.05, 0.1) is 29.1 Å². The first kappa shape index (κ1) is 32.9. The second kappa shape index (κ2) is 14.7. The molecular formula is C31H34Cl3N3O5S. The fraction of sp³-hybridized carbons (Fsp3) is 0.355. The summed E-state index contributed by atoms with van der Waals surface area (Å²) < 4.78 is 32.5. The van der Waals surface area contributed by atoms with Gasteiger partial charge in [0, 0.05) is 24.0 Å². The molecule has 0 aromatic heterocycles. The van der Waals surface area contributed by atoms with Crippen molar-refractivity contribution >= 4 is 62.3 Å². The van der Waals surface area contributed by atoms with Gasteiger partial charge in [-0.25, -0.2) is 8.42 Å². The third kappa shape index (κ3) is 8.79. The van der Waals surface area contributed by atoms with E-state index < -0.39 is 28.5 Å². The SMILES string of the molecule is COc1ccc(Cl)cc1N(CC(=O)N(Cc1ccc(Cl)c(Cl)c1)[C@H](Cc1ccccc1)C(=O)NC1CCCC1)S(C)(=O)=O. The van der Waals surface area contributed by atoms with E-state index in [2.05, 4.69) is 5.32 Å². The van der Waals surface area contributed by atoms with Crippen LogP contribution < -0.4 is 14.4 Å². The molecule has 43 heavy (non-hydrogen) atoms. The molecule has 0 unspecified atom stereocenters. The van der Waals surface area contributed by atoms with Crippen molar-refractivity contribution in [3.05, 3.63) is 92.9 Å². The fourth-order valence-corrected chi connectivity index (χ4v) is 6.54. The lowest BCUT2D eigenvalue weighted by atomic mass is 10.0. The zero-order valence-electron chi connectivity index (χ0n) is 23.9. The summed E-state index contributed by atoms with van der Waals surface area (Å²) in [5.41, 5.74) is 1.58. The van der Waals surface area contributed by atoms with Gasteiger partial charge in [-0.1, -0.05) is 84.0 Å². The minimum Gasteiger partial charge on any atom is -0.495 e. The second-order valence-electron chi connectivity index (χ2n) is 10.6. The number of halogens is 3. The van der Waals surface area contributed by atoms with Crippen LogP contribution >= 0.6 is 34.8 Å². The van der Waals surface area contributed by atoms with Crippen LogP contribution in [0.5, 0.6) is 5.75 Å². The Labute approximate surface area is 267 Å². The van der Waals surface area contributed by atoms with E-state index in [0.29, 0.717) is 15.6 Å². The molecular weight excluding hydrogens is 633 g/mol. The lowest BCUT2D eigenvalue weighted by molar-refractivity contribution is -0.140. The normalized spacial score (nSPS) is 14.3. The molecule has 0 radical (unpaired) electrons. The average molecular weight is 667 g/mol. The van der Waals surface area contributed by atoms with Gasteiger partial charge in [-0.05, 0) is 54.3 Å². The first-order valence-corrected chi connectivity index (χ1v) is 16.8. The smallest absolute Gasteiger partial charge is 0.244 e.